The smallest absolute Gasteiger partial charge is 0.163 e. The molecule has 1 aliphatic heterocycles. The van der Waals surface area contributed by atoms with Crippen LogP contribution < -0.4 is 0 Å². The van der Waals surface area contributed by atoms with Gasteiger partial charge in [-0.15, -0.1) is 11.8 Å². The SMILES string of the molecule is CC(C)CC(=O)c1ccc(SCCN2CCCC2)cc1. The third-order valence-corrected chi connectivity index (χ3v) is 4.64. The van der Waals surface area contributed by atoms with Crippen LogP contribution in [0.2, 0.25) is 0 Å². The van der Waals surface area contributed by atoms with Crippen LogP contribution in [0.3, 0.4) is 0 Å². The molecule has 1 heterocycles. The van der Waals surface area contributed by atoms with Crippen LogP contribution in [0.4, 0.5) is 0 Å². The number of Topliss-reactive ketones (excluding diaryl/α,β-unsaturated/α-hetero) is 1. The Hall–Kier alpha value is -0.800. The zero-order valence-corrected chi connectivity index (χ0v) is 13.4. The normalized spacial score (nSPS) is 15.9. The van der Waals surface area contributed by atoms with Gasteiger partial charge in [0, 0.05) is 29.2 Å². The van der Waals surface area contributed by atoms with Crippen molar-refractivity contribution in [2.45, 2.75) is 38.0 Å². The van der Waals surface area contributed by atoms with E-state index in [0.717, 1.165) is 11.3 Å². The molecule has 0 unspecified atom stereocenters. The number of hydrogen-bond acceptors (Lipinski definition) is 3. The summed E-state index contributed by atoms with van der Waals surface area (Å²) in [4.78, 5) is 15.7. The molecule has 0 atom stereocenters. The standard InChI is InChI=1S/C17H25NOS/c1-14(2)13-17(19)15-5-7-16(8-6-15)20-12-11-18-9-3-4-10-18/h5-8,14H,3-4,9-13H2,1-2H3. The molecule has 110 valence electrons. The topological polar surface area (TPSA) is 20.3 Å². The fourth-order valence-corrected chi connectivity index (χ4v) is 3.44. The van der Waals surface area contributed by atoms with Crippen molar-refractivity contribution in [3.8, 4) is 0 Å². The second-order valence-corrected chi connectivity index (χ2v) is 7.11. The number of benzene rings is 1. The van der Waals surface area contributed by atoms with Gasteiger partial charge in [0.15, 0.2) is 5.78 Å². The van der Waals surface area contributed by atoms with E-state index in [2.05, 4.69) is 30.9 Å². The van der Waals surface area contributed by atoms with Crippen molar-refractivity contribution < 1.29 is 4.79 Å². The highest BCUT2D eigenvalue weighted by atomic mass is 32.2. The number of nitrogens with zero attached hydrogens (tertiary/aromatic N) is 1. The van der Waals surface area contributed by atoms with E-state index in [4.69, 9.17) is 0 Å². The lowest BCUT2D eigenvalue weighted by Crippen LogP contribution is -2.21. The molecule has 0 aromatic heterocycles. The van der Waals surface area contributed by atoms with Gasteiger partial charge in [0.25, 0.3) is 0 Å². The molecule has 1 aromatic rings. The molecular formula is C17H25NOS. The van der Waals surface area contributed by atoms with E-state index in [1.807, 2.05) is 23.9 Å². The van der Waals surface area contributed by atoms with E-state index < -0.39 is 0 Å². The van der Waals surface area contributed by atoms with Crippen molar-refractivity contribution in [1.29, 1.82) is 0 Å². The molecular weight excluding hydrogens is 266 g/mol. The lowest BCUT2D eigenvalue weighted by molar-refractivity contribution is 0.0968. The van der Waals surface area contributed by atoms with Crippen LogP contribution in [0.15, 0.2) is 29.2 Å². The van der Waals surface area contributed by atoms with Crippen LogP contribution in [0, 0.1) is 5.92 Å². The van der Waals surface area contributed by atoms with Crippen LogP contribution in [0.1, 0.15) is 43.5 Å². The maximum Gasteiger partial charge on any atom is 0.163 e. The Morgan fingerprint density at radius 3 is 2.45 bits per heavy atom. The molecule has 3 heteroatoms. The Morgan fingerprint density at radius 1 is 1.20 bits per heavy atom. The molecule has 0 radical (unpaired) electrons. The first-order valence-electron chi connectivity index (χ1n) is 7.63. The summed E-state index contributed by atoms with van der Waals surface area (Å²) in [6.07, 6.45) is 3.36. The van der Waals surface area contributed by atoms with Crippen molar-refractivity contribution in [3.63, 3.8) is 0 Å². The van der Waals surface area contributed by atoms with Crippen LogP contribution in [-0.2, 0) is 0 Å². The number of hydrogen-bond donors (Lipinski definition) is 0. The zero-order valence-electron chi connectivity index (χ0n) is 12.6. The Labute approximate surface area is 126 Å². The molecule has 1 fully saturated rings. The molecule has 2 nitrogen and oxygen atoms in total. The minimum Gasteiger partial charge on any atom is -0.303 e. The minimum atomic E-state index is 0.258. The third kappa shape index (κ3) is 4.95. The highest BCUT2D eigenvalue weighted by molar-refractivity contribution is 7.99. The maximum absolute atomic E-state index is 11.9. The van der Waals surface area contributed by atoms with Gasteiger partial charge in [-0.1, -0.05) is 26.0 Å². The first kappa shape index (κ1) is 15.6. The van der Waals surface area contributed by atoms with Gasteiger partial charge in [-0.3, -0.25) is 4.79 Å². The molecule has 2 rings (SSSR count). The van der Waals surface area contributed by atoms with Crippen molar-refractivity contribution in [1.82, 2.24) is 4.90 Å². The number of carbonyl (C=O) groups excluding carboxylic acids is 1. The lowest BCUT2D eigenvalue weighted by atomic mass is 10.0. The average molecular weight is 291 g/mol. The van der Waals surface area contributed by atoms with Gasteiger partial charge in [0.2, 0.25) is 0 Å². The van der Waals surface area contributed by atoms with Gasteiger partial charge in [-0.2, -0.15) is 0 Å². The number of likely N-dealkylation sites (tertiary alicyclic amines) is 1. The molecule has 20 heavy (non-hydrogen) atoms. The fraction of sp³-hybridized carbons (Fsp3) is 0.588. The fourth-order valence-electron chi connectivity index (χ4n) is 2.52. The Balaban J connectivity index is 1.77. The Bertz CT molecular complexity index is 421. The summed E-state index contributed by atoms with van der Waals surface area (Å²) >= 11 is 1.89. The number of carbonyl (C=O) groups is 1. The number of rotatable bonds is 7. The largest absolute Gasteiger partial charge is 0.303 e. The van der Waals surface area contributed by atoms with Crippen molar-refractivity contribution in [2.24, 2.45) is 5.92 Å². The van der Waals surface area contributed by atoms with E-state index in [9.17, 15) is 4.79 Å². The van der Waals surface area contributed by atoms with Gasteiger partial charge in [-0.25, -0.2) is 0 Å². The van der Waals surface area contributed by atoms with Crippen molar-refractivity contribution in [2.75, 3.05) is 25.4 Å². The molecule has 0 spiro atoms. The quantitative estimate of drug-likeness (QED) is 0.557. The van der Waals surface area contributed by atoms with E-state index in [1.165, 1.54) is 37.4 Å². The van der Waals surface area contributed by atoms with Gasteiger partial charge < -0.3 is 4.90 Å². The molecule has 1 aliphatic rings. The predicted octanol–water partition coefficient (Wildman–Crippen LogP) is 4.10. The highest BCUT2D eigenvalue weighted by Crippen LogP contribution is 2.20. The van der Waals surface area contributed by atoms with Gasteiger partial charge >= 0.3 is 0 Å². The molecule has 0 N–H and O–H groups in total. The number of ketones is 1. The van der Waals surface area contributed by atoms with E-state index in [0.29, 0.717) is 12.3 Å². The van der Waals surface area contributed by atoms with Crippen LogP contribution in [0.5, 0.6) is 0 Å². The van der Waals surface area contributed by atoms with E-state index in [-0.39, 0.29) is 5.78 Å². The molecule has 0 aliphatic carbocycles. The van der Waals surface area contributed by atoms with Crippen molar-refractivity contribution in [3.05, 3.63) is 29.8 Å². The molecule has 0 amide bonds. The highest BCUT2D eigenvalue weighted by Gasteiger charge is 2.11. The predicted molar refractivity (Wildman–Crippen MR) is 86.6 cm³/mol. The second kappa shape index (κ2) is 7.84. The average Bonchev–Trinajstić information content (AvgIpc) is 2.92. The summed E-state index contributed by atoms with van der Waals surface area (Å²) in [5.74, 6) is 1.82. The second-order valence-electron chi connectivity index (χ2n) is 5.94. The van der Waals surface area contributed by atoms with Crippen LogP contribution >= 0.6 is 11.8 Å². The summed E-state index contributed by atoms with van der Waals surface area (Å²) in [5.41, 5.74) is 0.850. The zero-order chi connectivity index (χ0) is 14.4. The van der Waals surface area contributed by atoms with Gasteiger partial charge in [-0.05, 0) is 44.0 Å². The Morgan fingerprint density at radius 2 is 1.85 bits per heavy atom. The van der Waals surface area contributed by atoms with Crippen LogP contribution in [0.25, 0.3) is 0 Å². The Kier molecular flexibility index (Phi) is 6.11. The number of thioether (sulfide) groups is 1. The molecule has 0 bridgehead atoms. The summed E-state index contributed by atoms with van der Waals surface area (Å²) < 4.78 is 0. The third-order valence-electron chi connectivity index (χ3n) is 3.64. The molecule has 0 saturated carbocycles. The molecule has 1 aromatic carbocycles. The summed E-state index contributed by atoms with van der Waals surface area (Å²) in [7, 11) is 0. The molecule has 1 saturated heterocycles. The van der Waals surface area contributed by atoms with Gasteiger partial charge in [0.1, 0.15) is 0 Å². The first-order valence-corrected chi connectivity index (χ1v) is 8.62. The summed E-state index contributed by atoms with van der Waals surface area (Å²) in [6.45, 7) is 7.88. The summed E-state index contributed by atoms with van der Waals surface area (Å²) in [6, 6.07) is 8.12. The monoisotopic (exact) mass is 291 g/mol. The maximum atomic E-state index is 11.9. The van der Waals surface area contributed by atoms with Gasteiger partial charge in [0.05, 0.1) is 0 Å². The summed E-state index contributed by atoms with van der Waals surface area (Å²) in [5, 5.41) is 0. The van der Waals surface area contributed by atoms with E-state index in [1.54, 1.807) is 0 Å². The minimum absolute atomic E-state index is 0.258. The first-order chi connectivity index (χ1) is 9.65. The van der Waals surface area contributed by atoms with Crippen LogP contribution in [-0.4, -0.2) is 36.1 Å². The van der Waals surface area contributed by atoms with Crippen molar-refractivity contribution >= 4 is 17.5 Å². The van der Waals surface area contributed by atoms with E-state index >= 15 is 0 Å². The lowest BCUT2D eigenvalue weighted by Gasteiger charge is -2.13.